The summed E-state index contributed by atoms with van der Waals surface area (Å²) in [4.78, 5) is 23.9. The summed E-state index contributed by atoms with van der Waals surface area (Å²) in [5.41, 5.74) is 3.57. The summed E-state index contributed by atoms with van der Waals surface area (Å²) in [6, 6.07) is 15.2. The summed E-state index contributed by atoms with van der Waals surface area (Å²) < 4.78 is 4.73. The third-order valence-corrected chi connectivity index (χ3v) is 5.23. The first kappa shape index (κ1) is 20.0. The van der Waals surface area contributed by atoms with Crippen LogP contribution in [0.1, 0.15) is 47.7 Å². The lowest BCUT2D eigenvalue weighted by molar-refractivity contribution is -0.113. The summed E-state index contributed by atoms with van der Waals surface area (Å²) in [6.45, 7) is 4.30. The Morgan fingerprint density at radius 2 is 1.92 bits per heavy atom. The van der Waals surface area contributed by atoms with Crippen LogP contribution in [0.5, 0.6) is 0 Å². The van der Waals surface area contributed by atoms with E-state index in [1.807, 2.05) is 30.3 Å². The summed E-state index contributed by atoms with van der Waals surface area (Å²) in [5.74, 6) is 1.05. The van der Waals surface area contributed by atoms with Gasteiger partial charge in [-0.25, -0.2) is 4.79 Å². The average Bonchev–Trinajstić information content (AvgIpc) is 2.67. The van der Waals surface area contributed by atoms with Crippen molar-refractivity contribution in [2.24, 2.45) is 0 Å². The van der Waals surface area contributed by atoms with Crippen LogP contribution in [0, 0.1) is 0 Å². The molecule has 4 nitrogen and oxygen atoms in total. The smallest absolute Gasteiger partial charge is 0.337 e. The van der Waals surface area contributed by atoms with Gasteiger partial charge in [-0.05, 0) is 41.7 Å². The molecule has 0 heterocycles. The molecule has 0 spiro atoms. The summed E-state index contributed by atoms with van der Waals surface area (Å²) in [7, 11) is 1.37. The second-order valence-electron chi connectivity index (χ2n) is 6.13. The first-order valence-electron chi connectivity index (χ1n) is 8.69. The van der Waals surface area contributed by atoms with Gasteiger partial charge in [-0.1, -0.05) is 44.2 Å². The minimum absolute atomic E-state index is 0.0186. The first-order chi connectivity index (χ1) is 12.5. The monoisotopic (exact) mass is 371 g/mol. The molecule has 2 aromatic carbocycles. The lowest BCUT2D eigenvalue weighted by Gasteiger charge is -2.15. The van der Waals surface area contributed by atoms with Crippen LogP contribution in [0.2, 0.25) is 0 Å². The van der Waals surface area contributed by atoms with Gasteiger partial charge in [-0.3, -0.25) is 4.79 Å². The van der Waals surface area contributed by atoms with Gasteiger partial charge in [-0.15, -0.1) is 11.8 Å². The minimum Gasteiger partial charge on any atom is -0.465 e. The number of anilines is 1. The van der Waals surface area contributed by atoms with E-state index in [4.69, 9.17) is 4.74 Å². The summed E-state index contributed by atoms with van der Waals surface area (Å²) in [5, 5.41) is 3.02. The number of nitrogens with one attached hydrogen (secondary N) is 1. The van der Waals surface area contributed by atoms with E-state index in [0.717, 1.165) is 17.7 Å². The lowest BCUT2D eigenvalue weighted by atomic mass is 9.97. The number of methoxy groups -OCH3 is 1. The maximum atomic E-state index is 12.3. The van der Waals surface area contributed by atoms with Crippen molar-refractivity contribution in [3.63, 3.8) is 0 Å². The molecule has 0 radical (unpaired) electrons. The topological polar surface area (TPSA) is 55.4 Å². The standard InChI is InChI=1S/C21H25NO3S/c1-4-15(2)18-10-5-6-11-19(18)22-20(23)14-26-13-16-8-7-9-17(12-16)21(24)25-3/h5-12,15H,4,13-14H2,1-3H3,(H,22,23)/t15-/m0/s1. The van der Waals surface area contributed by atoms with Crippen LogP contribution in [0.3, 0.4) is 0 Å². The minimum atomic E-state index is -0.351. The van der Waals surface area contributed by atoms with Gasteiger partial charge >= 0.3 is 5.97 Å². The molecule has 0 bridgehead atoms. The largest absolute Gasteiger partial charge is 0.465 e. The van der Waals surface area contributed by atoms with Crippen molar-refractivity contribution < 1.29 is 14.3 Å². The highest BCUT2D eigenvalue weighted by Crippen LogP contribution is 2.26. The zero-order valence-corrected chi connectivity index (χ0v) is 16.3. The number of thioether (sulfide) groups is 1. The Labute approximate surface area is 159 Å². The third-order valence-electron chi connectivity index (χ3n) is 4.23. The molecule has 1 N–H and O–H groups in total. The summed E-state index contributed by atoms with van der Waals surface area (Å²) >= 11 is 1.52. The predicted octanol–water partition coefficient (Wildman–Crippen LogP) is 4.86. The van der Waals surface area contributed by atoms with E-state index in [1.54, 1.807) is 12.1 Å². The van der Waals surface area contributed by atoms with Crippen LogP contribution < -0.4 is 5.32 Å². The fourth-order valence-corrected chi connectivity index (χ4v) is 3.39. The van der Waals surface area contributed by atoms with Crippen LogP contribution in [0.4, 0.5) is 5.69 Å². The fraction of sp³-hybridized carbons (Fsp3) is 0.333. The molecule has 1 atom stereocenters. The molecule has 0 aliphatic rings. The molecule has 0 aliphatic carbocycles. The normalized spacial score (nSPS) is 11.7. The van der Waals surface area contributed by atoms with Crippen molar-refractivity contribution in [3.8, 4) is 0 Å². The Hall–Kier alpha value is -2.27. The highest BCUT2D eigenvalue weighted by atomic mass is 32.2. The fourth-order valence-electron chi connectivity index (χ4n) is 2.61. The molecule has 2 rings (SSSR count). The van der Waals surface area contributed by atoms with Crippen LogP contribution in [0.25, 0.3) is 0 Å². The summed E-state index contributed by atoms with van der Waals surface area (Å²) in [6.07, 6.45) is 1.03. The zero-order chi connectivity index (χ0) is 18.9. The molecule has 5 heteroatoms. The molecule has 0 saturated carbocycles. The van der Waals surface area contributed by atoms with E-state index in [0.29, 0.717) is 23.0 Å². The second kappa shape index (κ2) is 10.0. The molecule has 0 aliphatic heterocycles. The Morgan fingerprint density at radius 3 is 2.65 bits per heavy atom. The zero-order valence-electron chi connectivity index (χ0n) is 15.5. The number of para-hydroxylation sites is 1. The van der Waals surface area contributed by atoms with E-state index < -0.39 is 0 Å². The van der Waals surface area contributed by atoms with Crippen LogP contribution >= 0.6 is 11.8 Å². The Morgan fingerprint density at radius 1 is 1.15 bits per heavy atom. The number of amides is 1. The van der Waals surface area contributed by atoms with Crippen molar-refractivity contribution in [1.82, 2.24) is 0 Å². The molecule has 0 unspecified atom stereocenters. The molecule has 1 amide bonds. The predicted molar refractivity (Wildman–Crippen MR) is 108 cm³/mol. The van der Waals surface area contributed by atoms with E-state index >= 15 is 0 Å². The number of hydrogen-bond donors (Lipinski definition) is 1. The SMILES string of the molecule is CC[C@H](C)c1ccccc1NC(=O)CSCc1cccc(C(=O)OC)c1. The maximum Gasteiger partial charge on any atom is 0.337 e. The van der Waals surface area contributed by atoms with Gasteiger partial charge in [0.25, 0.3) is 0 Å². The Bertz CT molecular complexity index is 760. The van der Waals surface area contributed by atoms with Crippen LogP contribution in [-0.2, 0) is 15.3 Å². The Kier molecular flexibility index (Phi) is 7.73. The van der Waals surface area contributed by atoms with Crippen molar-refractivity contribution in [1.29, 1.82) is 0 Å². The highest BCUT2D eigenvalue weighted by Gasteiger charge is 2.11. The first-order valence-corrected chi connectivity index (χ1v) is 9.84. The van der Waals surface area contributed by atoms with E-state index in [9.17, 15) is 9.59 Å². The molecule has 0 saturated heterocycles. The molecular weight excluding hydrogens is 346 g/mol. The van der Waals surface area contributed by atoms with Gasteiger partial charge in [0.1, 0.15) is 0 Å². The Balaban J connectivity index is 1.89. The van der Waals surface area contributed by atoms with Crippen molar-refractivity contribution in [3.05, 3.63) is 65.2 Å². The molecule has 138 valence electrons. The maximum absolute atomic E-state index is 12.3. The van der Waals surface area contributed by atoms with Gasteiger partial charge in [0.05, 0.1) is 18.4 Å². The van der Waals surface area contributed by atoms with Gasteiger partial charge in [0.15, 0.2) is 0 Å². The number of benzene rings is 2. The quantitative estimate of drug-likeness (QED) is 0.673. The van der Waals surface area contributed by atoms with Crippen molar-refractivity contribution >= 4 is 29.3 Å². The van der Waals surface area contributed by atoms with Gasteiger partial charge < -0.3 is 10.1 Å². The van der Waals surface area contributed by atoms with E-state index in [-0.39, 0.29) is 11.9 Å². The molecule has 26 heavy (non-hydrogen) atoms. The number of esters is 1. The lowest BCUT2D eigenvalue weighted by Crippen LogP contribution is -2.16. The molecule has 2 aromatic rings. The average molecular weight is 372 g/mol. The number of carbonyl (C=O) groups excluding carboxylic acids is 2. The number of carbonyl (C=O) groups is 2. The number of hydrogen-bond acceptors (Lipinski definition) is 4. The molecule has 0 aromatic heterocycles. The van der Waals surface area contributed by atoms with Crippen LogP contribution in [-0.4, -0.2) is 24.7 Å². The second-order valence-corrected chi connectivity index (χ2v) is 7.12. The third kappa shape index (κ3) is 5.63. The van der Waals surface area contributed by atoms with Gasteiger partial charge in [0, 0.05) is 11.4 Å². The number of rotatable bonds is 8. The van der Waals surface area contributed by atoms with Gasteiger partial charge in [0.2, 0.25) is 5.91 Å². The van der Waals surface area contributed by atoms with E-state index in [1.165, 1.54) is 24.4 Å². The van der Waals surface area contributed by atoms with Crippen molar-refractivity contribution in [2.75, 3.05) is 18.2 Å². The van der Waals surface area contributed by atoms with Crippen molar-refractivity contribution in [2.45, 2.75) is 31.9 Å². The molecular formula is C21H25NO3S. The molecule has 0 fully saturated rings. The van der Waals surface area contributed by atoms with E-state index in [2.05, 4.69) is 25.2 Å². The van der Waals surface area contributed by atoms with Crippen LogP contribution in [0.15, 0.2) is 48.5 Å². The highest BCUT2D eigenvalue weighted by molar-refractivity contribution is 7.99. The number of ether oxygens (including phenoxy) is 1. The van der Waals surface area contributed by atoms with Gasteiger partial charge in [-0.2, -0.15) is 0 Å².